The Balaban J connectivity index is 1.97. The fraction of sp³-hybridized carbons (Fsp3) is 0.235. The maximum absolute atomic E-state index is 12.9. The molecule has 1 N–H and O–H groups in total. The van der Waals surface area contributed by atoms with E-state index >= 15 is 0 Å². The average molecular weight is 310 g/mol. The summed E-state index contributed by atoms with van der Waals surface area (Å²) in [5.74, 6) is 0. The Bertz CT molecular complexity index is 690. The lowest BCUT2D eigenvalue weighted by Crippen LogP contribution is -2.46. The number of imide groups is 1. The lowest BCUT2D eigenvalue weighted by Gasteiger charge is -2.32. The number of benzene rings is 1. The van der Waals surface area contributed by atoms with Crippen molar-refractivity contribution in [3.05, 3.63) is 60.4 Å². The van der Waals surface area contributed by atoms with E-state index in [4.69, 9.17) is 0 Å². The number of anilines is 1. The predicted octanol–water partition coefficient (Wildman–Crippen LogP) is 2.79. The summed E-state index contributed by atoms with van der Waals surface area (Å²) in [6.07, 6.45) is 3.43. The average Bonchev–Trinajstić information content (AvgIpc) is 3.03. The van der Waals surface area contributed by atoms with Gasteiger partial charge in [-0.2, -0.15) is 0 Å². The molecule has 2 aromatic rings. The Labute approximate surface area is 134 Å². The summed E-state index contributed by atoms with van der Waals surface area (Å²) in [7, 11) is 0. The van der Waals surface area contributed by atoms with Crippen molar-refractivity contribution in [2.45, 2.75) is 13.0 Å². The van der Waals surface area contributed by atoms with Gasteiger partial charge in [-0.1, -0.05) is 24.3 Å². The van der Waals surface area contributed by atoms with E-state index in [2.05, 4.69) is 10.3 Å². The molecule has 23 heavy (non-hydrogen) atoms. The molecule has 1 aliphatic rings. The number of amides is 4. The van der Waals surface area contributed by atoms with Crippen molar-refractivity contribution in [1.82, 2.24) is 15.2 Å². The monoisotopic (exact) mass is 310 g/mol. The first-order valence-electron chi connectivity index (χ1n) is 7.52. The van der Waals surface area contributed by atoms with E-state index in [1.165, 1.54) is 4.90 Å². The number of carbonyl (C=O) groups is 2. The molecule has 1 saturated heterocycles. The van der Waals surface area contributed by atoms with Gasteiger partial charge < -0.3 is 5.32 Å². The second-order valence-electron chi connectivity index (χ2n) is 5.33. The van der Waals surface area contributed by atoms with Gasteiger partial charge in [0.15, 0.2) is 0 Å². The molecule has 1 aliphatic heterocycles. The van der Waals surface area contributed by atoms with Gasteiger partial charge in [0.2, 0.25) is 0 Å². The van der Waals surface area contributed by atoms with Crippen LogP contribution < -0.4 is 10.2 Å². The highest BCUT2D eigenvalue weighted by Gasteiger charge is 2.33. The largest absolute Gasteiger partial charge is 0.336 e. The van der Waals surface area contributed by atoms with Crippen LogP contribution in [0.4, 0.5) is 15.3 Å². The Morgan fingerprint density at radius 2 is 2.04 bits per heavy atom. The molecule has 1 aromatic carbocycles. The normalized spacial score (nSPS) is 15.2. The summed E-state index contributed by atoms with van der Waals surface area (Å²) in [4.78, 5) is 31.8. The van der Waals surface area contributed by atoms with Crippen LogP contribution >= 0.6 is 0 Å². The number of nitrogens with one attached hydrogen (secondary N) is 1. The highest BCUT2D eigenvalue weighted by atomic mass is 16.2. The van der Waals surface area contributed by atoms with Crippen LogP contribution in [0.1, 0.15) is 18.5 Å². The van der Waals surface area contributed by atoms with Gasteiger partial charge in [0.25, 0.3) is 0 Å². The van der Waals surface area contributed by atoms with E-state index in [0.29, 0.717) is 13.1 Å². The number of aromatic nitrogens is 1. The van der Waals surface area contributed by atoms with Crippen molar-refractivity contribution in [2.75, 3.05) is 18.0 Å². The van der Waals surface area contributed by atoms with Crippen LogP contribution in [0.15, 0.2) is 54.9 Å². The van der Waals surface area contributed by atoms with E-state index in [1.54, 1.807) is 17.3 Å². The molecule has 0 bridgehead atoms. The molecule has 3 rings (SSSR count). The quantitative estimate of drug-likeness (QED) is 0.948. The number of carbonyl (C=O) groups excluding carboxylic acids is 2. The summed E-state index contributed by atoms with van der Waals surface area (Å²) in [6, 6.07) is 12.2. The highest BCUT2D eigenvalue weighted by molar-refractivity contribution is 6.03. The van der Waals surface area contributed by atoms with Crippen LogP contribution in [-0.4, -0.2) is 35.0 Å². The Morgan fingerprint density at radius 1 is 1.26 bits per heavy atom. The molecule has 0 spiro atoms. The van der Waals surface area contributed by atoms with Gasteiger partial charge in [-0.25, -0.2) is 14.5 Å². The molecule has 1 fully saturated rings. The van der Waals surface area contributed by atoms with Crippen molar-refractivity contribution >= 4 is 17.7 Å². The van der Waals surface area contributed by atoms with E-state index in [1.807, 2.05) is 49.4 Å². The number of hydrogen-bond donors (Lipinski definition) is 1. The lowest BCUT2D eigenvalue weighted by molar-refractivity contribution is 0.202. The van der Waals surface area contributed by atoms with Crippen molar-refractivity contribution in [3.63, 3.8) is 0 Å². The number of pyridine rings is 1. The molecule has 1 unspecified atom stereocenters. The number of nitrogens with zero attached hydrogens (tertiary/aromatic N) is 3. The zero-order valence-corrected chi connectivity index (χ0v) is 12.8. The van der Waals surface area contributed by atoms with E-state index in [9.17, 15) is 9.59 Å². The first kappa shape index (κ1) is 15.0. The number of urea groups is 2. The standard InChI is InChI=1S/C17H18N4O2/c1-13(14-6-5-9-18-12-14)21(15-7-3-2-4-8-15)17(23)20-11-10-19-16(20)22/h2-9,12-13H,10-11H2,1H3,(H,19,22). The molecule has 0 radical (unpaired) electrons. The SMILES string of the molecule is CC(c1cccnc1)N(C(=O)N1CCNC1=O)c1ccccc1. The minimum atomic E-state index is -0.352. The van der Waals surface area contributed by atoms with Crippen LogP contribution in [0.5, 0.6) is 0 Å². The minimum absolute atomic E-state index is 0.244. The summed E-state index contributed by atoms with van der Waals surface area (Å²) in [5.41, 5.74) is 1.65. The van der Waals surface area contributed by atoms with Crippen LogP contribution in [0, 0.1) is 0 Å². The second kappa shape index (κ2) is 6.48. The molecule has 0 aliphatic carbocycles. The van der Waals surface area contributed by atoms with Crippen LogP contribution in [0.2, 0.25) is 0 Å². The molecule has 1 atom stereocenters. The van der Waals surface area contributed by atoms with Crippen LogP contribution in [-0.2, 0) is 0 Å². The van der Waals surface area contributed by atoms with Gasteiger partial charge in [0, 0.05) is 31.2 Å². The van der Waals surface area contributed by atoms with Gasteiger partial charge >= 0.3 is 12.1 Å². The first-order chi connectivity index (χ1) is 11.2. The number of para-hydroxylation sites is 1. The predicted molar refractivity (Wildman–Crippen MR) is 87.1 cm³/mol. The Kier molecular flexibility index (Phi) is 4.23. The van der Waals surface area contributed by atoms with E-state index < -0.39 is 0 Å². The van der Waals surface area contributed by atoms with Crippen LogP contribution in [0.3, 0.4) is 0 Å². The third-order valence-electron chi connectivity index (χ3n) is 3.88. The molecule has 118 valence electrons. The smallest absolute Gasteiger partial charge is 0.333 e. The molecular weight excluding hydrogens is 292 g/mol. The maximum Gasteiger partial charge on any atom is 0.333 e. The fourth-order valence-electron chi connectivity index (χ4n) is 2.64. The van der Waals surface area contributed by atoms with Crippen molar-refractivity contribution < 1.29 is 9.59 Å². The number of rotatable bonds is 3. The summed E-state index contributed by atoms with van der Waals surface area (Å²) in [6.45, 7) is 2.78. The third-order valence-corrected chi connectivity index (χ3v) is 3.88. The van der Waals surface area contributed by atoms with Gasteiger partial charge in [-0.3, -0.25) is 9.88 Å². The topological polar surface area (TPSA) is 65.5 Å². The molecular formula is C17H18N4O2. The van der Waals surface area contributed by atoms with E-state index in [0.717, 1.165) is 11.3 Å². The molecule has 2 heterocycles. The van der Waals surface area contributed by atoms with Gasteiger partial charge in [0.05, 0.1) is 6.04 Å². The molecule has 4 amide bonds. The first-order valence-corrected chi connectivity index (χ1v) is 7.52. The van der Waals surface area contributed by atoms with Crippen molar-refractivity contribution in [2.24, 2.45) is 0 Å². The summed E-state index contributed by atoms with van der Waals surface area (Å²) >= 11 is 0. The molecule has 0 saturated carbocycles. The van der Waals surface area contributed by atoms with Gasteiger partial charge in [-0.05, 0) is 30.7 Å². The third kappa shape index (κ3) is 3.01. The Hall–Kier alpha value is -2.89. The van der Waals surface area contributed by atoms with Gasteiger partial charge in [0.1, 0.15) is 0 Å². The summed E-state index contributed by atoms with van der Waals surface area (Å²) in [5, 5.41) is 2.66. The lowest BCUT2D eigenvalue weighted by atomic mass is 10.1. The van der Waals surface area contributed by atoms with E-state index in [-0.39, 0.29) is 18.1 Å². The van der Waals surface area contributed by atoms with Crippen LogP contribution in [0.25, 0.3) is 0 Å². The summed E-state index contributed by atoms with van der Waals surface area (Å²) < 4.78 is 0. The Morgan fingerprint density at radius 3 is 2.65 bits per heavy atom. The fourth-order valence-corrected chi connectivity index (χ4v) is 2.64. The zero-order chi connectivity index (χ0) is 16.2. The van der Waals surface area contributed by atoms with Crippen molar-refractivity contribution in [1.29, 1.82) is 0 Å². The molecule has 1 aromatic heterocycles. The maximum atomic E-state index is 12.9. The zero-order valence-electron chi connectivity index (χ0n) is 12.8. The molecule has 6 nitrogen and oxygen atoms in total. The minimum Gasteiger partial charge on any atom is -0.336 e. The van der Waals surface area contributed by atoms with Gasteiger partial charge in [-0.15, -0.1) is 0 Å². The molecule has 6 heteroatoms. The highest BCUT2D eigenvalue weighted by Crippen LogP contribution is 2.28. The number of hydrogen-bond acceptors (Lipinski definition) is 3. The van der Waals surface area contributed by atoms with Crippen molar-refractivity contribution in [3.8, 4) is 0 Å². The second-order valence-corrected chi connectivity index (χ2v) is 5.33.